The third kappa shape index (κ3) is 5.99. The van der Waals surface area contributed by atoms with E-state index in [4.69, 9.17) is 0 Å². The molecule has 1 saturated heterocycles. The van der Waals surface area contributed by atoms with Crippen molar-refractivity contribution in [2.24, 2.45) is 0 Å². The molecule has 2 N–H and O–H groups in total. The quantitative estimate of drug-likeness (QED) is 0.775. The molecule has 1 aromatic carbocycles. The summed E-state index contributed by atoms with van der Waals surface area (Å²) in [5.41, 5.74) is 2.76. The van der Waals surface area contributed by atoms with Crippen molar-refractivity contribution in [2.45, 2.75) is 49.2 Å². The van der Waals surface area contributed by atoms with Gasteiger partial charge in [0.1, 0.15) is 0 Å². The molecule has 2 aromatic rings. The van der Waals surface area contributed by atoms with Gasteiger partial charge in [-0.1, -0.05) is 0 Å². The molecule has 1 atom stereocenters. The number of anilines is 1. The van der Waals surface area contributed by atoms with Crippen LogP contribution >= 0.6 is 24.2 Å². The van der Waals surface area contributed by atoms with E-state index in [2.05, 4.69) is 20.6 Å². The summed E-state index contributed by atoms with van der Waals surface area (Å²) in [7, 11) is 0. The van der Waals surface area contributed by atoms with Crippen LogP contribution in [-0.2, 0) is 4.79 Å². The van der Waals surface area contributed by atoms with E-state index in [0.29, 0.717) is 12.5 Å². The van der Waals surface area contributed by atoms with Crippen LogP contribution in [0.2, 0.25) is 0 Å². The molecule has 0 saturated carbocycles. The fourth-order valence-electron chi connectivity index (χ4n) is 2.82. The number of aromatic nitrogens is 2. The summed E-state index contributed by atoms with van der Waals surface area (Å²) in [5, 5.41) is 7.05. The number of carbonyl (C=O) groups excluding carboxylic acids is 1. The van der Waals surface area contributed by atoms with Gasteiger partial charge in [-0.25, -0.2) is 9.97 Å². The second-order valence-corrected chi connectivity index (χ2v) is 7.15. The number of rotatable bonds is 5. The highest BCUT2D eigenvalue weighted by molar-refractivity contribution is 7.99. The van der Waals surface area contributed by atoms with E-state index in [-0.39, 0.29) is 18.3 Å². The maximum absolute atomic E-state index is 12.0. The molecule has 0 bridgehead atoms. The van der Waals surface area contributed by atoms with Crippen LogP contribution in [-0.4, -0.2) is 28.5 Å². The minimum absolute atomic E-state index is 0. The van der Waals surface area contributed by atoms with Gasteiger partial charge in [0.05, 0.1) is 0 Å². The molecule has 1 aromatic heterocycles. The standard InChI is InChI=1S/C18H22N4OS.ClH/c1-12-10-13(2)21-18(20-12)24-16-7-5-14(6-8-16)22-17(23)11-15-4-3-9-19-15;/h5-8,10,15,19H,3-4,9,11H2,1-2H3,(H,22,23);1H. The van der Waals surface area contributed by atoms with Gasteiger partial charge in [-0.05, 0) is 75.3 Å². The highest BCUT2D eigenvalue weighted by Gasteiger charge is 2.17. The predicted octanol–water partition coefficient (Wildman–Crippen LogP) is 3.75. The van der Waals surface area contributed by atoms with Gasteiger partial charge in [-0.2, -0.15) is 0 Å². The molecule has 5 nitrogen and oxygen atoms in total. The second-order valence-electron chi connectivity index (χ2n) is 6.11. The van der Waals surface area contributed by atoms with Crippen LogP contribution in [0.5, 0.6) is 0 Å². The lowest BCUT2D eigenvalue weighted by Crippen LogP contribution is -2.27. The van der Waals surface area contributed by atoms with E-state index in [9.17, 15) is 4.79 Å². The smallest absolute Gasteiger partial charge is 0.225 e. The largest absolute Gasteiger partial charge is 0.326 e. The summed E-state index contributed by atoms with van der Waals surface area (Å²) in [6.45, 7) is 4.96. The van der Waals surface area contributed by atoms with Gasteiger partial charge in [0.2, 0.25) is 5.91 Å². The molecular weight excluding hydrogens is 356 g/mol. The van der Waals surface area contributed by atoms with Gasteiger partial charge < -0.3 is 10.6 Å². The Kier molecular flexibility index (Phi) is 7.23. The first-order valence-corrected chi connectivity index (χ1v) is 9.03. The average molecular weight is 379 g/mol. The lowest BCUT2D eigenvalue weighted by atomic mass is 10.1. The molecular formula is C18H23ClN4OS. The van der Waals surface area contributed by atoms with Crippen molar-refractivity contribution in [3.63, 3.8) is 0 Å². The van der Waals surface area contributed by atoms with E-state index in [1.807, 2.05) is 44.2 Å². The predicted molar refractivity (Wildman–Crippen MR) is 104 cm³/mol. The third-order valence-corrected chi connectivity index (χ3v) is 4.78. The lowest BCUT2D eigenvalue weighted by Gasteiger charge is -2.10. The molecule has 25 heavy (non-hydrogen) atoms. The summed E-state index contributed by atoms with van der Waals surface area (Å²) < 4.78 is 0. The Labute approximate surface area is 158 Å². The molecule has 3 rings (SSSR count). The zero-order valence-electron chi connectivity index (χ0n) is 14.4. The Morgan fingerprint density at radius 3 is 2.52 bits per heavy atom. The topological polar surface area (TPSA) is 66.9 Å². The zero-order valence-corrected chi connectivity index (χ0v) is 16.0. The first-order valence-electron chi connectivity index (χ1n) is 8.22. The summed E-state index contributed by atoms with van der Waals surface area (Å²) in [5.74, 6) is 0.0624. The first kappa shape index (κ1) is 19.7. The molecule has 2 heterocycles. The number of benzene rings is 1. The monoisotopic (exact) mass is 378 g/mol. The zero-order chi connectivity index (χ0) is 16.9. The Morgan fingerprint density at radius 2 is 1.92 bits per heavy atom. The first-order chi connectivity index (χ1) is 11.6. The Morgan fingerprint density at radius 1 is 1.24 bits per heavy atom. The number of nitrogens with one attached hydrogen (secondary N) is 2. The van der Waals surface area contributed by atoms with Crippen molar-refractivity contribution in [3.8, 4) is 0 Å². The summed E-state index contributed by atoms with van der Waals surface area (Å²) >= 11 is 1.52. The van der Waals surface area contributed by atoms with Gasteiger partial charge in [-0.15, -0.1) is 12.4 Å². The van der Waals surface area contributed by atoms with E-state index in [1.165, 1.54) is 11.8 Å². The second kappa shape index (κ2) is 9.17. The molecule has 134 valence electrons. The number of hydrogen-bond donors (Lipinski definition) is 2. The fraction of sp³-hybridized carbons (Fsp3) is 0.389. The molecule has 1 unspecified atom stereocenters. The molecule has 1 aliphatic heterocycles. The SMILES string of the molecule is Cc1cc(C)nc(Sc2ccc(NC(=O)CC3CCCN3)cc2)n1.Cl. The van der Waals surface area contributed by atoms with Crippen molar-refractivity contribution in [2.75, 3.05) is 11.9 Å². The van der Waals surface area contributed by atoms with Gasteiger partial charge in [0.15, 0.2) is 5.16 Å². The minimum atomic E-state index is 0. The van der Waals surface area contributed by atoms with Crippen LogP contribution in [0.15, 0.2) is 40.4 Å². The van der Waals surface area contributed by atoms with Crippen LogP contribution in [0.1, 0.15) is 30.7 Å². The average Bonchev–Trinajstić information content (AvgIpc) is 3.01. The number of aryl methyl sites for hydroxylation is 2. The van der Waals surface area contributed by atoms with Crippen LogP contribution in [0.3, 0.4) is 0 Å². The number of hydrogen-bond acceptors (Lipinski definition) is 5. The van der Waals surface area contributed by atoms with Crippen molar-refractivity contribution in [3.05, 3.63) is 41.7 Å². The van der Waals surface area contributed by atoms with Crippen LogP contribution < -0.4 is 10.6 Å². The van der Waals surface area contributed by atoms with Gasteiger partial charge in [0.25, 0.3) is 0 Å². The Balaban J connectivity index is 0.00000225. The number of amides is 1. The van der Waals surface area contributed by atoms with E-state index in [1.54, 1.807) is 0 Å². The van der Waals surface area contributed by atoms with Crippen LogP contribution in [0.4, 0.5) is 5.69 Å². The highest BCUT2D eigenvalue weighted by Crippen LogP contribution is 2.26. The summed E-state index contributed by atoms with van der Waals surface area (Å²) in [6, 6.07) is 10.1. The summed E-state index contributed by atoms with van der Waals surface area (Å²) in [6.07, 6.45) is 2.77. The Hall–Kier alpha value is -1.63. The van der Waals surface area contributed by atoms with Crippen molar-refractivity contribution in [1.82, 2.24) is 15.3 Å². The lowest BCUT2D eigenvalue weighted by molar-refractivity contribution is -0.116. The fourth-order valence-corrected chi connectivity index (χ4v) is 3.68. The third-order valence-electron chi connectivity index (χ3n) is 3.90. The molecule has 1 amide bonds. The summed E-state index contributed by atoms with van der Waals surface area (Å²) in [4.78, 5) is 22.0. The molecule has 0 aliphatic carbocycles. The molecule has 1 aliphatic rings. The van der Waals surface area contributed by atoms with Gasteiger partial charge in [0, 0.05) is 34.4 Å². The Bertz CT molecular complexity index is 697. The van der Waals surface area contributed by atoms with Crippen LogP contribution in [0.25, 0.3) is 0 Å². The molecule has 0 radical (unpaired) electrons. The number of nitrogens with zero attached hydrogens (tertiary/aromatic N) is 2. The van der Waals surface area contributed by atoms with E-state index < -0.39 is 0 Å². The van der Waals surface area contributed by atoms with E-state index in [0.717, 1.165) is 46.5 Å². The highest BCUT2D eigenvalue weighted by atomic mass is 35.5. The van der Waals surface area contributed by atoms with Crippen molar-refractivity contribution < 1.29 is 4.79 Å². The van der Waals surface area contributed by atoms with Gasteiger partial charge >= 0.3 is 0 Å². The maximum Gasteiger partial charge on any atom is 0.225 e. The van der Waals surface area contributed by atoms with Crippen molar-refractivity contribution >= 4 is 35.8 Å². The molecule has 7 heteroatoms. The van der Waals surface area contributed by atoms with E-state index >= 15 is 0 Å². The normalized spacial score (nSPS) is 16.3. The number of halogens is 1. The van der Waals surface area contributed by atoms with Gasteiger partial charge in [-0.3, -0.25) is 4.79 Å². The number of carbonyl (C=O) groups is 1. The maximum atomic E-state index is 12.0. The van der Waals surface area contributed by atoms with Crippen LogP contribution in [0, 0.1) is 13.8 Å². The molecule has 0 spiro atoms. The molecule has 1 fully saturated rings. The van der Waals surface area contributed by atoms with Crippen molar-refractivity contribution in [1.29, 1.82) is 0 Å². The minimum Gasteiger partial charge on any atom is -0.326 e.